The summed E-state index contributed by atoms with van der Waals surface area (Å²) in [5.74, 6) is 0. The fraction of sp³-hybridized carbons (Fsp3) is 0.947. The molecule has 0 rings (SSSR count). The van der Waals surface area contributed by atoms with Gasteiger partial charge in [0.25, 0.3) is 0 Å². The van der Waals surface area contributed by atoms with Gasteiger partial charge in [0.15, 0.2) is 0 Å². The van der Waals surface area contributed by atoms with Crippen molar-refractivity contribution in [3.05, 3.63) is 0 Å². The van der Waals surface area contributed by atoms with E-state index in [-0.39, 0.29) is 5.54 Å². The molecule has 0 heterocycles. The van der Waals surface area contributed by atoms with Crippen molar-refractivity contribution in [3.8, 4) is 0 Å². The number of thiocarbonyl (C=S) groups is 1. The van der Waals surface area contributed by atoms with Crippen LogP contribution in [0.2, 0.25) is 5.54 Å². The minimum atomic E-state index is -2.72. The maximum Gasteiger partial charge on any atom is 0.509 e. The Morgan fingerprint density at radius 2 is 1.17 bits per heavy atom. The van der Waals surface area contributed by atoms with Crippen LogP contribution in [0, 0.1) is 0 Å². The molecule has 3 nitrogen and oxygen atoms in total. The minimum absolute atomic E-state index is 0.146. The van der Waals surface area contributed by atoms with E-state index in [1.807, 2.05) is 27.7 Å². The van der Waals surface area contributed by atoms with Crippen molar-refractivity contribution in [2.75, 3.05) is 19.8 Å². The van der Waals surface area contributed by atoms with Crippen LogP contribution in [0.15, 0.2) is 0 Å². The van der Waals surface area contributed by atoms with Crippen LogP contribution in [-0.2, 0) is 13.3 Å². The van der Waals surface area contributed by atoms with E-state index < -0.39 is 8.80 Å². The third-order valence-electron chi connectivity index (χ3n) is 4.30. The van der Waals surface area contributed by atoms with Gasteiger partial charge in [-0.05, 0) is 39.0 Å². The highest BCUT2D eigenvalue weighted by molar-refractivity contribution is 7.80. The van der Waals surface area contributed by atoms with Crippen molar-refractivity contribution in [1.29, 1.82) is 0 Å². The topological polar surface area (TPSA) is 27.7 Å². The summed E-state index contributed by atoms with van der Waals surface area (Å²) < 4.78 is 18.2. The fourth-order valence-corrected chi connectivity index (χ4v) is 6.81. The van der Waals surface area contributed by atoms with Crippen molar-refractivity contribution >= 4 is 25.9 Å². The van der Waals surface area contributed by atoms with E-state index >= 15 is 0 Å². The van der Waals surface area contributed by atoms with E-state index in [1.165, 1.54) is 51.4 Å². The summed E-state index contributed by atoms with van der Waals surface area (Å²) in [7, 11) is -2.72. The second-order valence-corrected chi connectivity index (χ2v) is 9.74. The van der Waals surface area contributed by atoms with Crippen LogP contribution in [0.1, 0.15) is 92.4 Å². The largest absolute Gasteiger partial charge is 0.509 e. The average Bonchev–Trinajstić information content (AvgIpc) is 2.53. The summed E-state index contributed by atoms with van der Waals surface area (Å²) in [5, 5.41) is 0. The fourth-order valence-electron chi connectivity index (χ4n) is 3.14. The Labute approximate surface area is 157 Å². The first-order valence-corrected chi connectivity index (χ1v) is 12.2. The Hall–Kier alpha value is 0.187. The van der Waals surface area contributed by atoms with Gasteiger partial charge in [0, 0.05) is 19.8 Å². The molecule has 0 saturated carbocycles. The molecule has 0 aliphatic rings. The maximum absolute atomic E-state index is 6.06. The number of unbranched alkanes of at least 4 members (excludes halogenated alkanes) is 7. The van der Waals surface area contributed by atoms with Gasteiger partial charge >= 0.3 is 8.80 Å². The maximum atomic E-state index is 6.06. The molecular formula is C19H40O3SSi. The van der Waals surface area contributed by atoms with Gasteiger partial charge < -0.3 is 13.3 Å². The minimum Gasteiger partial charge on any atom is -0.373 e. The molecule has 0 N–H and O–H groups in total. The van der Waals surface area contributed by atoms with Gasteiger partial charge in [0.2, 0.25) is 0 Å². The van der Waals surface area contributed by atoms with E-state index in [2.05, 4.69) is 6.92 Å². The molecule has 24 heavy (non-hydrogen) atoms. The average molecular weight is 377 g/mol. The Morgan fingerprint density at radius 1 is 0.750 bits per heavy atom. The van der Waals surface area contributed by atoms with Crippen LogP contribution in [0.4, 0.5) is 0 Å². The van der Waals surface area contributed by atoms with Crippen molar-refractivity contribution in [3.63, 3.8) is 0 Å². The summed E-state index contributed by atoms with van der Waals surface area (Å²) >= 11 is 5.55. The Bertz CT molecular complexity index is 296. The Balaban J connectivity index is 4.49. The normalized spacial score (nSPS) is 13.2. The molecular weight excluding hydrogens is 336 g/mol. The lowest BCUT2D eigenvalue weighted by Crippen LogP contribution is -2.52. The van der Waals surface area contributed by atoms with E-state index in [9.17, 15) is 0 Å². The van der Waals surface area contributed by atoms with E-state index in [0.717, 1.165) is 11.3 Å². The molecule has 0 aliphatic carbocycles. The van der Waals surface area contributed by atoms with Gasteiger partial charge in [-0.25, -0.2) is 0 Å². The lowest BCUT2D eigenvalue weighted by atomic mass is 10.1. The summed E-state index contributed by atoms with van der Waals surface area (Å²) in [4.78, 5) is 0.972. The lowest BCUT2D eigenvalue weighted by Gasteiger charge is -2.35. The third-order valence-corrected chi connectivity index (χ3v) is 8.44. The highest BCUT2D eigenvalue weighted by Crippen LogP contribution is 2.33. The van der Waals surface area contributed by atoms with Crippen LogP contribution in [-0.4, -0.2) is 33.5 Å². The monoisotopic (exact) mass is 376 g/mol. The molecule has 0 aliphatic heterocycles. The summed E-state index contributed by atoms with van der Waals surface area (Å²) in [6.07, 6.45) is 11.6. The highest BCUT2D eigenvalue weighted by atomic mass is 32.1. The van der Waals surface area contributed by atoms with Crippen LogP contribution >= 0.6 is 12.2 Å². The number of hydrogen-bond donors (Lipinski definition) is 0. The predicted octanol–water partition coefficient (Wildman–Crippen LogP) is 6.33. The molecule has 0 fully saturated rings. The van der Waals surface area contributed by atoms with Crippen molar-refractivity contribution < 1.29 is 13.3 Å². The van der Waals surface area contributed by atoms with E-state index in [0.29, 0.717) is 19.8 Å². The quantitative estimate of drug-likeness (QED) is 0.168. The van der Waals surface area contributed by atoms with Crippen molar-refractivity contribution in [1.82, 2.24) is 0 Å². The Morgan fingerprint density at radius 3 is 1.54 bits per heavy atom. The molecule has 144 valence electrons. The molecule has 1 unspecified atom stereocenters. The third kappa shape index (κ3) is 9.61. The first-order chi connectivity index (χ1) is 11.6. The zero-order valence-electron chi connectivity index (χ0n) is 16.7. The van der Waals surface area contributed by atoms with Crippen LogP contribution < -0.4 is 0 Å². The van der Waals surface area contributed by atoms with Crippen LogP contribution in [0.3, 0.4) is 0 Å². The van der Waals surface area contributed by atoms with Crippen molar-refractivity contribution in [2.45, 2.75) is 97.9 Å². The van der Waals surface area contributed by atoms with Gasteiger partial charge in [-0.2, -0.15) is 0 Å². The number of hydrogen-bond acceptors (Lipinski definition) is 4. The second kappa shape index (κ2) is 15.4. The standard InChI is InChI=1S/C19H40O3SSi/c1-6-10-11-12-13-14-15-16-17-19(18(5)23)24(20-7-2,21-8-3)22-9-4/h19H,6-17H2,1-5H3. The molecule has 0 saturated heterocycles. The second-order valence-electron chi connectivity index (χ2n) is 6.33. The molecule has 0 bridgehead atoms. The van der Waals surface area contributed by atoms with Gasteiger partial charge in [0.1, 0.15) is 0 Å². The highest BCUT2D eigenvalue weighted by Gasteiger charge is 2.49. The molecule has 0 aromatic carbocycles. The van der Waals surface area contributed by atoms with Crippen LogP contribution in [0.25, 0.3) is 0 Å². The zero-order chi connectivity index (χ0) is 18.3. The molecule has 0 radical (unpaired) electrons. The van der Waals surface area contributed by atoms with Crippen LogP contribution in [0.5, 0.6) is 0 Å². The van der Waals surface area contributed by atoms with Crippen molar-refractivity contribution in [2.24, 2.45) is 0 Å². The molecule has 1 atom stereocenters. The van der Waals surface area contributed by atoms with Gasteiger partial charge in [-0.1, -0.05) is 70.5 Å². The Kier molecular flexibility index (Phi) is 15.6. The summed E-state index contributed by atoms with van der Waals surface area (Å²) in [5.41, 5.74) is 0.146. The summed E-state index contributed by atoms with van der Waals surface area (Å²) in [6.45, 7) is 12.1. The smallest absolute Gasteiger partial charge is 0.373 e. The molecule has 0 aromatic heterocycles. The molecule has 0 spiro atoms. The van der Waals surface area contributed by atoms with Gasteiger partial charge in [-0.15, -0.1) is 0 Å². The lowest BCUT2D eigenvalue weighted by molar-refractivity contribution is 0.0660. The SMILES string of the molecule is CCCCCCCCCCC(C(C)=S)[Si](OCC)(OCC)OCC. The predicted molar refractivity (Wildman–Crippen MR) is 110 cm³/mol. The van der Waals surface area contributed by atoms with Gasteiger partial charge in [0.05, 0.1) is 5.54 Å². The summed E-state index contributed by atoms with van der Waals surface area (Å²) in [6, 6.07) is 0. The number of rotatable bonds is 17. The van der Waals surface area contributed by atoms with E-state index in [1.54, 1.807) is 0 Å². The zero-order valence-corrected chi connectivity index (χ0v) is 18.5. The van der Waals surface area contributed by atoms with Gasteiger partial charge in [-0.3, -0.25) is 0 Å². The molecule has 5 heteroatoms. The van der Waals surface area contributed by atoms with E-state index in [4.69, 9.17) is 25.5 Å². The first-order valence-electron chi connectivity index (χ1n) is 10.00. The molecule has 0 amide bonds. The first kappa shape index (κ1) is 24.2. The molecule has 0 aromatic rings.